The Hall–Kier alpha value is -1.09. The summed E-state index contributed by atoms with van der Waals surface area (Å²) in [6.45, 7) is 0. The van der Waals surface area contributed by atoms with Gasteiger partial charge in [0.25, 0.3) is 0 Å². The van der Waals surface area contributed by atoms with Gasteiger partial charge < -0.3 is 5.32 Å². The largest absolute Gasteiger partial charge is 0.313 e. The molecule has 0 aromatic heterocycles. The first-order valence-electron chi connectivity index (χ1n) is 5.96. The van der Waals surface area contributed by atoms with Crippen molar-refractivity contribution in [2.24, 2.45) is 0 Å². The van der Waals surface area contributed by atoms with Crippen molar-refractivity contribution >= 4 is 23.2 Å². The van der Waals surface area contributed by atoms with Crippen molar-refractivity contribution < 1.29 is 4.39 Å². The van der Waals surface area contributed by atoms with Crippen LogP contribution in [0.1, 0.15) is 17.2 Å². The predicted molar refractivity (Wildman–Crippen MR) is 78.4 cm³/mol. The van der Waals surface area contributed by atoms with E-state index in [0.29, 0.717) is 16.5 Å². The second kappa shape index (κ2) is 6.38. The summed E-state index contributed by atoms with van der Waals surface area (Å²) in [5.41, 5.74) is 1.92. The van der Waals surface area contributed by atoms with Gasteiger partial charge in [-0.3, -0.25) is 0 Å². The fourth-order valence-corrected chi connectivity index (χ4v) is 2.61. The van der Waals surface area contributed by atoms with Gasteiger partial charge in [-0.1, -0.05) is 35.3 Å². The summed E-state index contributed by atoms with van der Waals surface area (Å²) in [5, 5.41) is 4.40. The van der Waals surface area contributed by atoms with E-state index in [1.165, 1.54) is 12.1 Å². The molecule has 4 heteroatoms. The molecule has 2 rings (SSSR count). The van der Waals surface area contributed by atoms with Crippen molar-refractivity contribution in [3.05, 3.63) is 69.5 Å². The lowest BCUT2D eigenvalue weighted by atomic mass is 9.99. The van der Waals surface area contributed by atoms with Crippen LogP contribution in [0.25, 0.3) is 0 Å². The molecule has 1 N–H and O–H groups in total. The van der Waals surface area contributed by atoms with Gasteiger partial charge >= 0.3 is 0 Å². The monoisotopic (exact) mass is 297 g/mol. The predicted octanol–water partition coefficient (Wildman–Crippen LogP) is 4.64. The molecule has 1 nitrogen and oxygen atoms in total. The van der Waals surface area contributed by atoms with Gasteiger partial charge in [0.2, 0.25) is 0 Å². The maximum absolute atomic E-state index is 13.2. The molecule has 1 unspecified atom stereocenters. The third-order valence-electron chi connectivity index (χ3n) is 2.96. The van der Waals surface area contributed by atoms with Gasteiger partial charge in [-0.15, -0.1) is 0 Å². The molecular formula is C15H14Cl2FN. The number of hydrogen-bond donors (Lipinski definition) is 1. The second-order valence-corrected chi connectivity index (χ2v) is 5.25. The summed E-state index contributed by atoms with van der Waals surface area (Å²) in [6, 6.07) is 12.1. The summed E-state index contributed by atoms with van der Waals surface area (Å²) >= 11 is 12.0. The number of benzene rings is 2. The molecule has 0 saturated carbocycles. The maximum atomic E-state index is 13.2. The third-order valence-corrected chi connectivity index (χ3v) is 3.40. The molecular weight excluding hydrogens is 284 g/mol. The van der Waals surface area contributed by atoms with E-state index in [4.69, 9.17) is 23.2 Å². The first-order valence-corrected chi connectivity index (χ1v) is 6.72. The van der Waals surface area contributed by atoms with Gasteiger partial charge in [-0.25, -0.2) is 4.39 Å². The second-order valence-electron chi connectivity index (χ2n) is 4.38. The zero-order valence-electron chi connectivity index (χ0n) is 10.5. The van der Waals surface area contributed by atoms with Gasteiger partial charge in [0.1, 0.15) is 5.82 Å². The van der Waals surface area contributed by atoms with Crippen LogP contribution in [0.4, 0.5) is 4.39 Å². The number of likely N-dealkylation sites (N-methyl/N-ethyl adjacent to an activating group) is 1. The van der Waals surface area contributed by atoms with E-state index in [1.807, 2.05) is 25.2 Å². The molecule has 1 atom stereocenters. The third kappa shape index (κ3) is 3.93. The van der Waals surface area contributed by atoms with Crippen LogP contribution in [0.2, 0.25) is 10.0 Å². The van der Waals surface area contributed by atoms with E-state index in [-0.39, 0.29) is 11.9 Å². The first-order chi connectivity index (χ1) is 9.08. The Morgan fingerprint density at radius 3 is 2.37 bits per heavy atom. The lowest BCUT2D eigenvalue weighted by molar-refractivity contribution is 0.584. The molecule has 0 radical (unpaired) electrons. The molecule has 0 amide bonds. The van der Waals surface area contributed by atoms with Crippen molar-refractivity contribution in [3.8, 4) is 0 Å². The van der Waals surface area contributed by atoms with Gasteiger partial charge in [0.05, 0.1) is 0 Å². The van der Waals surface area contributed by atoms with E-state index in [0.717, 1.165) is 11.1 Å². The minimum Gasteiger partial charge on any atom is -0.313 e. The van der Waals surface area contributed by atoms with E-state index < -0.39 is 0 Å². The number of hydrogen-bond acceptors (Lipinski definition) is 1. The van der Waals surface area contributed by atoms with Gasteiger partial charge in [-0.2, -0.15) is 0 Å². The lowest BCUT2D eigenvalue weighted by Gasteiger charge is -2.17. The Bertz CT molecular complexity index is 552. The fourth-order valence-electron chi connectivity index (χ4n) is 2.06. The molecule has 0 aliphatic carbocycles. The van der Waals surface area contributed by atoms with E-state index in [1.54, 1.807) is 12.1 Å². The minimum atomic E-state index is -0.225. The van der Waals surface area contributed by atoms with Gasteiger partial charge in [0, 0.05) is 16.1 Å². The average molecular weight is 298 g/mol. The van der Waals surface area contributed by atoms with Crippen molar-refractivity contribution in [3.63, 3.8) is 0 Å². The van der Waals surface area contributed by atoms with Crippen LogP contribution in [-0.4, -0.2) is 7.05 Å². The molecule has 0 saturated heterocycles. The fraction of sp³-hybridized carbons (Fsp3) is 0.200. The SMILES string of the molecule is CNC(Cc1cccc(F)c1)c1cc(Cl)cc(Cl)c1. The Balaban J connectivity index is 2.24. The Morgan fingerprint density at radius 2 is 1.79 bits per heavy atom. The van der Waals surface area contributed by atoms with Gasteiger partial charge in [0.15, 0.2) is 0 Å². The normalized spacial score (nSPS) is 12.4. The highest BCUT2D eigenvalue weighted by Gasteiger charge is 2.12. The highest BCUT2D eigenvalue weighted by Crippen LogP contribution is 2.25. The summed E-state index contributed by atoms with van der Waals surface area (Å²) in [5.74, 6) is -0.225. The highest BCUT2D eigenvalue weighted by atomic mass is 35.5. The van der Waals surface area contributed by atoms with E-state index in [9.17, 15) is 4.39 Å². The highest BCUT2D eigenvalue weighted by molar-refractivity contribution is 6.34. The summed E-state index contributed by atoms with van der Waals surface area (Å²) in [6.07, 6.45) is 0.672. The van der Waals surface area contributed by atoms with Crippen molar-refractivity contribution in [1.29, 1.82) is 0 Å². The molecule has 0 heterocycles. The van der Waals surface area contributed by atoms with Crippen molar-refractivity contribution in [2.45, 2.75) is 12.5 Å². The smallest absolute Gasteiger partial charge is 0.123 e. The molecule has 0 aliphatic heterocycles. The maximum Gasteiger partial charge on any atom is 0.123 e. The molecule has 0 aliphatic rings. The molecule has 19 heavy (non-hydrogen) atoms. The van der Waals surface area contributed by atoms with Crippen LogP contribution in [0, 0.1) is 5.82 Å². The number of nitrogens with one attached hydrogen (secondary N) is 1. The standard InChI is InChI=1S/C15H14Cl2FN/c1-19-15(6-10-3-2-4-14(18)5-10)11-7-12(16)9-13(17)8-11/h2-5,7-9,15,19H,6H2,1H3. The van der Waals surface area contributed by atoms with E-state index >= 15 is 0 Å². The topological polar surface area (TPSA) is 12.0 Å². The summed E-state index contributed by atoms with van der Waals surface area (Å²) in [4.78, 5) is 0. The van der Waals surface area contributed by atoms with E-state index in [2.05, 4.69) is 5.32 Å². The van der Waals surface area contributed by atoms with Crippen LogP contribution in [0.15, 0.2) is 42.5 Å². The van der Waals surface area contributed by atoms with Gasteiger partial charge in [-0.05, 0) is 54.9 Å². The first kappa shape index (κ1) is 14.3. The number of halogens is 3. The molecule has 2 aromatic carbocycles. The number of rotatable bonds is 4. The molecule has 100 valence electrons. The van der Waals surface area contributed by atoms with Crippen molar-refractivity contribution in [2.75, 3.05) is 7.05 Å². The zero-order valence-corrected chi connectivity index (χ0v) is 12.0. The Kier molecular flexibility index (Phi) is 4.81. The average Bonchev–Trinajstić information content (AvgIpc) is 2.34. The van der Waals surface area contributed by atoms with Crippen LogP contribution in [-0.2, 0) is 6.42 Å². The molecule has 0 fully saturated rings. The molecule has 2 aromatic rings. The quantitative estimate of drug-likeness (QED) is 0.867. The minimum absolute atomic E-state index is 0.0398. The van der Waals surface area contributed by atoms with Crippen LogP contribution < -0.4 is 5.32 Å². The van der Waals surface area contributed by atoms with Crippen LogP contribution >= 0.6 is 23.2 Å². The Morgan fingerprint density at radius 1 is 1.11 bits per heavy atom. The summed E-state index contributed by atoms with van der Waals surface area (Å²) < 4.78 is 13.2. The molecule has 0 spiro atoms. The summed E-state index contributed by atoms with van der Waals surface area (Å²) in [7, 11) is 1.86. The van der Waals surface area contributed by atoms with Crippen molar-refractivity contribution in [1.82, 2.24) is 5.32 Å². The Labute approximate surface area is 122 Å². The van der Waals surface area contributed by atoms with Crippen LogP contribution in [0.3, 0.4) is 0 Å². The van der Waals surface area contributed by atoms with Crippen LogP contribution in [0.5, 0.6) is 0 Å². The lowest BCUT2D eigenvalue weighted by Crippen LogP contribution is -2.18. The zero-order chi connectivity index (χ0) is 13.8. The molecule has 0 bridgehead atoms.